The smallest absolute Gasteiger partial charge is 0.194 e. The van der Waals surface area contributed by atoms with Crippen LogP contribution in [-0.2, 0) is 0 Å². The van der Waals surface area contributed by atoms with Gasteiger partial charge in [0.2, 0.25) is 0 Å². The third-order valence-electron chi connectivity index (χ3n) is 2.44. The Kier molecular flexibility index (Phi) is 2.88. The molecule has 1 heterocycles. The van der Waals surface area contributed by atoms with Crippen molar-refractivity contribution < 1.29 is 9.18 Å². The predicted molar refractivity (Wildman–Crippen MR) is 63.6 cm³/mol. The Bertz CT molecular complexity index is 543. The highest BCUT2D eigenvalue weighted by molar-refractivity contribution is 7.10. The van der Waals surface area contributed by atoms with Crippen molar-refractivity contribution in [2.24, 2.45) is 0 Å². The topological polar surface area (TPSA) is 17.1 Å². The van der Waals surface area contributed by atoms with Gasteiger partial charge in [0.15, 0.2) is 5.78 Å². The summed E-state index contributed by atoms with van der Waals surface area (Å²) in [5.41, 5.74) is 1.88. The number of halogens is 1. The zero-order chi connectivity index (χ0) is 11.7. The number of carbonyl (C=O) groups is 1. The van der Waals surface area contributed by atoms with Crippen molar-refractivity contribution in [2.45, 2.75) is 13.8 Å². The van der Waals surface area contributed by atoms with Gasteiger partial charge in [0, 0.05) is 21.4 Å². The summed E-state index contributed by atoms with van der Waals surface area (Å²) in [6, 6.07) is 6.12. The van der Waals surface area contributed by atoms with Gasteiger partial charge in [-0.2, -0.15) is 0 Å². The van der Waals surface area contributed by atoms with E-state index in [1.165, 1.54) is 23.5 Å². The molecule has 0 saturated heterocycles. The van der Waals surface area contributed by atoms with Crippen LogP contribution in [0.3, 0.4) is 0 Å². The molecule has 0 aliphatic heterocycles. The molecule has 0 aliphatic rings. The van der Waals surface area contributed by atoms with E-state index in [1.807, 2.05) is 25.3 Å². The summed E-state index contributed by atoms with van der Waals surface area (Å²) in [5.74, 6) is -0.484. The lowest BCUT2D eigenvalue weighted by atomic mass is 10.0. The molecule has 0 radical (unpaired) electrons. The van der Waals surface area contributed by atoms with E-state index in [4.69, 9.17) is 0 Å². The van der Waals surface area contributed by atoms with Gasteiger partial charge in [0.25, 0.3) is 0 Å². The second-order valence-corrected chi connectivity index (χ2v) is 4.85. The quantitative estimate of drug-likeness (QED) is 0.723. The number of thiophene rings is 1. The van der Waals surface area contributed by atoms with Crippen molar-refractivity contribution in [1.29, 1.82) is 0 Å². The van der Waals surface area contributed by atoms with Crippen LogP contribution in [0.4, 0.5) is 4.39 Å². The largest absolute Gasteiger partial charge is 0.289 e. The molecule has 3 heteroatoms. The van der Waals surface area contributed by atoms with Crippen LogP contribution in [0, 0.1) is 19.7 Å². The molecule has 16 heavy (non-hydrogen) atoms. The van der Waals surface area contributed by atoms with Crippen molar-refractivity contribution in [3.05, 3.63) is 57.0 Å². The van der Waals surface area contributed by atoms with E-state index in [2.05, 4.69) is 0 Å². The van der Waals surface area contributed by atoms with Crippen molar-refractivity contribution in [1.82, 2.24) is 0 Å². The molecule has 0 amide bonds. The lowest BCUT2D eigenvalue weighted by Crippen LogP contribution is -2.02. The molecule has 2 rings (SSSR count). The Balaban J connectivity index is 2.45. The molecule has 0 fully saturated rings. The highest BCUT2D eigenvalue weighted by atomic mass is 32.1. The van der Waals surface area contributed by atoms with Gasteiger partial charge in [0.1, 0.15) is 5.82 Å². The maximum absolute atomic E-state index is 13.1. The van der Waals surface area contributed by atoms with E-state index in [-0.39, 0.29) is 11.6 Å². The van der Waals surface area contributed by atoms with E-state index in [1.54, 1.807) is 6.07 Å². The molecular weight excluding hydrogens is 223 g/mol. The van der Waals surface area contributed by atoms with E-state index in [0.717, 1.165) is 10.4 Å². The van der Waals surface area contributed by atoms with Gasteiger partial charge in [-0.05, 0) is 37.6 Å². The molecule has 1 aromatic heterocycles. The number of hydrogen-bond acceptors (Lipinski definition) is 2. The van der Waals surface area contributed by atoms with Crippen LogP contribution in [0.15, 0.2) is 29.6 Å². The summed E-state index contributed by atoms with van der Waals surface area (Å²) in [4.78, 5) is 13.2. The van der Waals surface area contributed by atoms with Crippen molar-refractivity contribution in [3.63, 3.8) is 0 Å². The van der Waals surface area contributed by atoms with E-state index >= 15 is 0 Å². The van der Waals surface area contributed by atoms with Gasteiger partial charge in [-0.15, -0.1) is 11.3 Å². The first-order valence-corrected chi connectivity index (χ1v) is 5.82. The molecule has 0 spiro atoms. The standard InChI is InChI=1S/C13H11FOS/c1-8-3-4-11(14)6-12(8)13(15)10-5-9(2)16-7-10/h3-7H,1-2H3. The predicted octanol–water partition coefficient (Wildman–Crippen LogP) is 3.74. The lowest BCUT2D eigenvalue weighted by Gasteiger charge is -2.03. The summed E-state index contributed by atoms with van der Waals surface area (Å²) in [6.45, 7) is 3.76. The fourth-order valence-corrected chi connectivity index (χ4v) is 2.24. The molecule has 0 N–H and O–H groups in total. The maximum atomic E-state index is 13.1. The molecule has 82 valence electrons. The highest BCUT2D eigenvalue weighted by Crippen LogP contribution is 2.19. The Morgan fingerprint density at radius 3 is 2.62 bits per heavy atom. The number of rotatable bonds is 2. The van der Waals surface area contributed by atoms with E-state index in [0.29, 0.717) is 11.1 Å². The van der Waals surface area contributed by atoms with Crippen LogP contribution in [0.5, 0.6) is 0 Å². The molecule has 1 aromatic carbocycles. The first kappa shape index (κ1) is 11.0. The lowest BCUT2D eigenvalue weighted by molar-refractivity contribution is 0.103. The molecule has 0 unspecified atom stereocenters. The third-order valence-corrected chi connectivity index (χ3v) is 3.30. The highest BCUT2D eigenvalue weighted by Gasteiger charge is 2.13. The van der Waals surface area contributed by atoms with E-state index in [9.17, 15) is 9.18 Å². The van der Waals surface area contributed by atoms with Crippen LogP contribution in [0.1, 0.15) is 26.4 Å². The first-order chi connectivity index (χ1) is 7.58. The molecule has 2 aromatic rings. The fourth-order valence-electron chi connectivity index (χ4n) is 1.56. The average molecular weight is 234 g/mol. The Morgan fingerprint density at radius 2 is 2.00 bits per heavy atom. The monoisotopic (exact) mass is 234 g/mol. The summed E-state index contributed by atoms with van der Waals surface area (Å²) in [7, 11) is 0. The van der Waals surface area contributed by atoms with Crippen LogP contribution in [0.2, 0.25) is 0 Å². The van der Waals surface area contributed by atoms with Gasteiger partial charge in [-0.1, -0.05) is 6.07 Å². The summed E-state index contributed by atoms with van der Waals surface area (Å²) < 4.78 is 13.1. The van der Waals surface area contributed by atoms with Crippen LogP contribution < -0.4 is 0 Å². The van der Waals surface area contributed by atoms with Gasteiger partial charge in [0.05, 0.1) is 0 Å². The minimum Gasteiger partial charge on any atom is -0.289 e. The van der Waals surface area contributed by atoms with Crippen molar-refractivity contribution >= 4 is 17.1 Å². The van der Waals surface area contributed by atoms with Gasteiger partial charge < -0.3 is 0 Å². The fraction of sp³-hybridized carbons (Fsp3) is 0.154. The number of benzene rings is 1. The molecule has 0 aliphatic carbocycles. The van der Waals surface area contributed by atoms with Crippen molar-refractivity contribution in [3.8, 4) is 0 Å². The zero-order valence-electron chi connectivity index (χ0n) is 9.08. The average Bonchev–Trinajstić information content (AvgIpc) is 2.67. The van der Waals surface area contributed by atoms with Crippen LogP contribution >= 0.6 is 11.3 Å². The van der Waals surface area contributed by atoms with Crippen molar-refractivity contribution in [2.75, 3.05) is 0 Å². The molecule has 1 nitrogen and oxygen atoms in total. The summed E-state index contributed by atoms with van der Waals surface area (Å²) in [6.07, 6.45) is 0. The maximum Gasteiger partial charge on any atom is 0.194 e. The normalized spacial score (nSPS) is 10.4. The minimum atomic E-state index is -0.374. The molecule has 0 bridgehead atoms. The SMILES string of the molecule is Cc1cc(C(=O)c2cc(F)ccc2C)cs1. The summed E-state index contributed by atoms with van der Waals surface area (Å²) >= 11 is 1.52. The first-order valence-electron chi connectivity index (χ1n) is 4.94. The molecular formula is C13H11FOS. The zero-order valence-corrected chi connectivity index (χ0v) is 9.90. The number of hydrogen-bond donors (Lipinski definition) is 0. The number of aryl methyl sites for hydroxylation is 2. The third kappa shape index (κ3) is 2.04. The number of ketones is 1. The minimum absolute atomic E-state index is 0.110. The van der Waals surface area contributed by atoms with Crippen LogP contribution in [-0.4, -0.2) is 5.78 Å². The Morgan fingerprint density at radius 1 is 1.25 bits per heavy atom. The van der Waals surface area contributed by atoms with E-state index < -0.39 is 0 Å². The second-order valence-electron chi connectivity index (χ2n) is 3.73. The molecule has 0 saturated carbocycles. The molecule has 0 atom stereocenters. The van der Waals surface area contributed by atoms with Crippen LogP contribution in [0.25, 0.3) is 0 Å². The Labute approximate surface area is 97.6 Å². The Hall–Kier alpha value is -1.48. The summed E-state index contributed by atoms with van der Waals surface area (Å²) in [5, 5.41) is 1.81. The van der Waals surface area contributed by atoms with Gasteiger partial charge >= 0.3 is 0 Å². The van der Waals surface area contributed by atoms with Gasteiger partial charge in [-0.25, -0.2) is 4.39 Å². The second kappa shape index (κ2) is 4.18. The number of carbonyl (C=O) groups excluding carboxylic acids is 1. The van der Waals surface area contributed by atoms with Gasteiger partial charge in [-0.3, -0.25) is 4.79 Å².